The predicted octanol–water partition coefficient (Wildman–Crippen LogP) is 22.2. The van der Waals surface area contributed by atoms with Crippen LogP contribution < -0.4 is 14.5 Å². The van der Waals surface area contributed by atoms with Crippen molar-refractivity contribution in [2.45, 2.75) is 59.3 Å². The predicted molar refractivity (Wildman–Crippen MR) is 362 cm³/mol. The summed E-state index contributed by atoms with van der Waals surface area (Å²) in [4.78, 5) is 9.91. The molecule has 432 valence electrons. The number of pyridine rings is 1. The van der Waals surface area contributed by atoms with Gasteiger partial charge in [-0.1, -0.05) is 120 Å². The van der Waals surface area contributed by atoms with E-state index >= 15 is 0 Å². The van der Waals surface area contributed by atoms with Crippen molar-refractivity contribution < 1.29 is 30.9 Å². The SMILES string of the molecule is [2H]c1c([2H])c([2H])c(-c2cnc(N3c4ccccc4-c4cc(C(C)(C)C)ccc4N(c4ccccc4)c4ccc(C(C)(C)C)cc4-c4ccc(Oc5cccc(-n6[c](=[Pt])n(-c7c(-c8ccccc8)cccc7-c7ccccc7)c7ccccc76)c5)cc43)cc2C)c([2H])c1[2H]. The van der Waals surface area contributed by atoms with E-state index in [0.717, 1.165) is 110 Å². The smallest absolute Gasteiger partial charge is 0.0616 e. The number of fused-ring (bicyclic) bond motifs is 7. The molecule has 0 fully saturated rings. The molecule has 0 saturated carbocycles. The summed E-state index contributed by atoms with van der Waals surface area (Å²) in [6.45, 7) is 15.4. The fraction of sp³-hybridized carbons (Fsp3) is 0.111. The van der Waals surface area contributed by atoms with E-state index in [-0.39, 0.29) is 28.5 Å². The van der Waals surface area contributed by atoms with E-state index in [1.807, 2.05) is 25.1 Å². The monoisotopic (exact) mass is 1330 g/mol. The molecule has 7 heteroatoms. The molecule has 0 saturated heterocycles. The maximum absolute atomic E-state index is 9.05. The van der Waals surface area contributed by atoms with Crippen LogP contribution in [0.25, 0.3) is 78.0 Å². The third-order valence-corrected chi connectivity index (χ3v) is 17.7. The molecule has 0 spiro atoms. The number of rotatable bonds is 9. The number of imidazole rings is 1. The van der Waals surface area contributed by atoms with Crippen LogP contribution in [0.1, 0.15) is 65.1 Å². The van der Waals surface area contributed by atoms with Crippen LogP contribution in [0, 0.1) is 10.7 Å². The van der Waals surface area contributed by atoms with Gasteiger partial charge in [-0.05, 0) is 70.3 Å². The molecule has 6 nitrogen and oxygen atoms in total. The van der Waals surface area contributed by atoms with Crippen molar-refractivity contribution in [1.29, 1.82) is 0 Å². The number of anilines is 6. The standard InChI is InChI=1S/C81H67N5O.Pt/c1-55-48-78(82-53-71(55)58-30-16-10-17-31-58)86-72-39-21-20-36-67(72)69-49-59(80(2,3)4)42-46-73(69)85(61-32-18-11-19-33-61)74-47-43-60(81(5,6)7)50-70(74)68-45-44-64(52-77(68)86)87-63-35-24-34-62(51-63)83-54-84(76-41-23-22-40-75(76)83)79-65(56-26-12-8-13-27-56)37-25-38-66(79)57-28-14-9-15-29-57;/h8-53H,1-7H3;/i10D,16D,17D,30D,31D;. The molecular weight excluding hydrogens is 1250 g/mol. The van der Waals surface area contributed by atoms with Gasteiger partial charge in [0, 0.05) is 23.0 Å². The van der Waals surface area contributed by atoms with Crippen LogP contribution in [-0.2, 0) is 30.2 Å². The number of aryl methyl sites for hydroxylation is 1. The van der Waals surface area contributed by atoms with Crippen molar-refractivity contribution in [2.75, 3.05) is 9.80 Å². The molecule has 0 aliphatic carbocycles. The number of nitrogens with zero attached hydrogens (tertiary/aromatic N) is 5. The molecule has 3 heterocycles. The van der Waals surface area contributed by atoms with Crippen molar-refractivity contribution >= 4 is 45.3 Å². The third kappa shape index (κ3) is 10.3. The molecular formula is C81H67N5OPt. The van der Waals surface area contributed by atoms with Gasteiger partial charge in [0.1, 0.15) is 0 Å². The molecule has 13 aromatic rings. The van der Waals surface area contributed by atoms with Gasteiger partial charge in [0.05, 0.1) is 12.5 Å². The first kappa shape index (κ1) is 50.3. The van der Waals surface area contributed by atoms with E-state index in [1.54, 1.807) is 6.20 Å². The minimum atomic E-state index is -0.448. The molecule has 1 aliphatic rings. The maximum atomic E-state index is 9.05. The summed E-state index contributed by atoms with van der Waals surface area (Å²) >= 11 is 2.49. The van der Waals surface area contributed by atoms with Crippen LogP contribution in [-0.4, -0.2) is 14.1 Å². The first-order valence-electron chi connectivity index (χ1n) is 32.3. The number of hydrogen-bond donors (Lipinski definition) is 0. The van der Waals surface area contributed by atoms with E-state index in [2.05, 4.69) is 304 Å². The van der Waals surface area contributed by atoms with Crippen molar-refractivity contribution in [2.24, 2.45) is 0 Å². The van der Waals surface area contributed by atoms with Gasteiger partial charge >= 0.3 is 306 Å². The van der Waals surface area contributed by atoms with Crippen LogP contribution in [0.5, 0.6) is 11.5 Å². The average molecular weight is 1330 g/mol. The molecule has 2 aromatic heterocycles. The van der Waals surface area contributed by atoms with E-state index in [0.29, 0.717) is 28.4 Å². The molecule has 88 heavy (non-hydrogen) atoms. The van der Waals surface area contributed by atoms with Crippen molar-refractivity contribution in [1.82, 2.24) is 14.1 Å². The zero-order valence-electron chi connectivity index (χ0n) is 55.1. The first-order chi connectivity index (χ1) is 44.8. The second-order valence-electron chi connectivity index (χ2n) is 24.5. The first-order valence-corrected chi connectivity index (χ1v) is 30.9. The van der Waals surface area contributed by atoms with E-state index in [1.165, 1.54) is 0 Å². The second-order valence-corrected chi connectivity index (χ2v) is 25.5. The fourth-order valence-corrected chi connectivity index (χ4v) is 13.4. The number of aromatic nitrogens is 3. The van der Waals surface area contributed by atoms with E-state index in [9.17, 15) is 0 Å². The third-order valence-electron chi connectivity index (χ3n) is 16.7. The number of ether oxygens (including phenoxy) is 1. The minimum absolute atomic E-state index is 0.0943. The molecule has 1 aliphatic heterocycles. The van der Waals surface area contributed by atoms with Gasteiger partial charge in [0.15, 0.2) is 0 Å². The molecule has 11 aromatic carbocycles. The van der Waals surface area contributed by atoms with Gasteiger partial charge in [-0.2, -0.15) is 0 Å². The van der Waals surface area contributed by atoms with Crippen molar-refractivity contribution in [3.8, 4) is 78.5 Å². The quantitative estimate of drug-likeness (QED) is 0.144. The molecule has 0 unspecified atom stereocenters. The van der Waals surface area contributed by atoms with Crippen LogP contribution in [0.2, 0.25) is 0 Å². The summed E-state index contributed by atoms with van der Waals surface area (Å²) in [6, 6.07) is 83.9. The van der Waals surface area contributed by atoms with Crippen LogP contribution in [0.4, 0.5) is 34.3 Å². The summed E-state index contributed by atoms with van der Waals surface area (Å²) in [5.41, 5.74) is 20.0. The van der Waals surface area contributed by atoms with Crippen LogP contribution >= 0.6 is 0 Å². The van der Waals surface area contributed by atoms with Gasteiger partial charge in [-0.25, -0.2) is 0 Å². The number of para-hydroxylation sites is 5. The Kier molecular flexibility index (Phi) is 13.0. The molecule has 0 radical (unpaired) electrons. The molecule has 0 N–H and O–H groups in total. The Hall–Kier alpha value is -9.87. The Morgan fingerprint density at radius 3 is 1.52 bits per heavy atom. The second kappa shape index (κ2) is 22.8. The zero-order chi connectivity index (χ0) is 64.6. The Labute approximate surface area is 534 Å². The minimum Gasteiger partial charge on any atom is -0.0616 e. The summed E-state index contributed by atoms with van der Waals surface area (Å²) in [5, 5.41) is 0. The van der Waals surface area contributed by atoms with Gasteiger partial charge in [-0.3, -0.25) is 0 Å². The molecule has 0 bridgehead atoms. The molecule has 0 atom stereocenters. The zero-order valence-corrected chi connectivity index (χ0v) is 52.4. The Morgan fingerprint density at radius 1 is 0.398 bits per heavy atom. The summed E-state index contributed by atoms with van der Waals surface area (Å²) in [6.07, 6.45) is 1.65. The summed E-state index contributed by atoms with van der Waals surface area (Å²) < 4.78 is 56.7. The number of hydrogen-bond acceptors (Lipinski definition) is 4. The topological polar surface area (TPSA) is 38.5 Å². The molecule has 0 amide bonds. The normalized spacial score (nSPS) is 13.1. The van der Waals surface area contributed by atoms with Crippen LogP contribution in [0.3, 0.4) is 0 Å². The summed E-state index contributed by atoms with van der Waals surface area (Å²) in [5.74, 6) is 1.75. The van der Waals surface area contributed by atoms with E-state index < -0.39 is 18.1 Å². The molecule has 14 rings (SSSR count). The van der Waals surface area contributed by atoms with Gasteiger partial charge < -0.3 is 4.90 Å². The van der Waals surface area contributed by atoms with Crippen LogP contribution in [0.15, 0.2) is 279 Å². The van der Waals surface area contributed by atoms with Crippen molar-refractivity contribution in [3.63, 3.8) is 0 Å². The summed E-state index contributed by atoms with van der Waals surface area (Å²) in [7, 11) is 0. The average Bonchev–Trinajstić information content (AvgIpc) is 1.53. The van der Waals surface area contributed by atoms with Gasteiger partial charge in [0.2, 0.25) is 0 Å². The Balaban J connectivity index is 1.00. The van der Waals surface area contributed by atoms with Gasteiger partial charge in [-0.15, -0.1) is 0 Å². The number of benzene rings is 11. The van der Waals surface area contributed by atoms with Gasteiger partial charge in [0.25, 0.3) is 0 Å². The Morgan fingerprint density at radius 2 is 0.909 bits per heavy atom. The Bertz CT molecular complexity index is 5060. The van der Waals surface area contributed by atoms with E-state index in [4.69, 9.17) is 16.6 Å². The van der Waals surface area contributed by atoms with Crippen molar-refractivity contribution in [3.05, 3.63) is 300 Å². The fourth-order valence-electron chi connectivity index (χ4n) is 12.3.